The summed E-state index contributed by atoms with van der Waals surface area (Å²) in [6.07, 6.45) is 9.07. The van der Waals surface area contributed by atoms with Gasteiger partial charge < -0.3 is 5.32 Å². The van der Waals surface area contributed by atoms with Gasteiger partial charge in [-0.1, -0.05) is 81.1 Å². The van der Waals surface area contributed by atoms with Crippen LogP contribution in [-0.4, -0.2) is 17.6 Å². The zero-order valence-corrected chi connectivity index (χ0v) is 14.7. The van der Waals surface area contributed by atoms with Crippen LogP contribution in [0.2, 0.25) is 0 Å². The highest BCUT2D eigenvalue weighted by Crippen LogP contribution is 2.10. The van der Waals surface area contributed by atoms with E-state index in [-0.39, 0.29) is 11.0 Å². The van der Waals surface area contributed by atoms with Gasteiger partial charge in [0.05, 0.1) is 0 Å². The number of amides is 1. The van der Waals surface area contributed by atoms with Crippen molar-refractivity contribution in [1.82, 2.24) is 5.32 Å². The fourth-order valence-corrected chi connectivity index (χ4v) is 2.75. The number of hydrogen-bond acceptors (Lipinski definition) is 3. The summed E-state index contributed by atoms with van der Waals surface area (Å²) in [6.45, 7) is 2.91. The third-order valence-corrected chi connectivity index (χ3v) is 4.12. The highest BCUT2D eigenvalue weighted by atomic mass is 32.2. The summed E-state index contributed by atoms with van der Waals surface area (Å²) in [5, 5.41) is 4.46. The predicted molar refractivity (Wildman–Crippen MR) is 98.3 cm³/mol. The van der Waals surface area contributed by atoms with E-state index < -0.39 is 0 Å². The maximum absolute atomic E-state index is 11.8. The molecule has 1 N–H and O–H groups in total. The smallest absolute Gasteiger partial charge is 0.244 e. The molecule has 0 aliphatic rings. The van der Waals surface area contributed by atoms with E-state index >= 15 is 0 Å². The van der Waals surface area contributed by atoms with Crippen molar-refractivity contribution < 1.29 is 9.59 Å². The van der Waals surface area contributed by atoms with E-state index in [0.29, 0.717) is 13.0 Å². The zero-order valence-electron chi connectivity index (χ0n) is 13.9. The summed E-state index contributed by atoms with van der Waals surface area (Å²) in [7, 11) is 0. The summed E-state index contributed by atoms with van der Waals surface area (Å²) in [6, 6.07) is 9.61. The lowest BCUT2D eigenvalue weighted by molar-refractivity contribution is -0.116. The molecule has 0 aromatic heterocycles. The lowest BCUT2D eigenvalue weighted by Crippen LogP contribution is -2.21. The lowest BCUT2D eigenvalue weighted by atomic mass is 10.1. The molecule has 3 nitrogen and oxygen atoms in total. The fraction of sp³-hybridized carbons (Fsp3) is 0.474. The molecule has 4 heteroatoms. The second-order valence-corrected chi connectivity index (χ2v) is 6.48. The number of hydrogen-bond donors (Lipinski definition) is 1. The molecule has 0 aliphatic heterocycles. The van der Waals surface area contributed by atoms with E-state index in [1.807, 2.05) is 30.3 Å². The van der Waals surface area contributed by atoms with Crippen LogP contribution in [0.3, 0.4) is 0 Å². The monoisotopic (exact) mass is 333 g/mol. The Morgan fingerprint density at radius 3 is 2.48 bits per heavy atom. The summed E-state index contributed by atoms with van der Waals surface area (Å²) in [5.41, 5.74) is 0.992. The second-order valence-electron chi connectivity index (χ2n) is 5.51. The third-order valence-electron chi connectivity index (χ3n) is 3.44. The first-order chi connectivity index (χ1) is 11.2. The molecule has 23 heavy (non-hydrogen) atoms. The van der Waals surface area contributed by atoms with E-state index in [2.05, 4.69) is 12.2 Å². The van der Waals surface area contributed by atoms with Crippen molar-refractivity contribution in [3.8, 4) is 0 Å². The van der Waals surface area contributed by atoms with E-state index in [1.54, 1.807) is 5.41 Å². The van der Waals surface area contributed by atoms with Gasteiger partial charge in [-0.25, -0.2) is 0 Å². The van der Waals surface area contributed by atoms with Gasteiger partial charge in [0, 0.05) is 19.0 Å². The van der Waals surface area contributed by atoms with Crippen LogP contribution in [0, 0.1) is 0 Å². The van der Waals surface area contributed by atoms with Crippen LogP contribution in [-0.2, 0) is 16.0 Å². The molecule has 0 fully saturated rings. The van der Waals surface area contributed by atoms with Gasteiger partial charge in [0.1, 0.15) is 0 Å². The Balaban J connectivity index is 2.07. The van der Waals surface area contributed by atoms with Gasteiger partial charge in [-0.2, -0.15) is 0 Å². The van der Waals surface area contributed by atoms with E-state index in [1.165, 1.54) is 31.8 Å². The van der Waals surface area contributed by atoms with Crippen LogP contribution in [0.25, 0.3) is 0 Å². The molecule has 0 spiro atoms. The SMILES string of the molecule is CCCCCCCCNC(=O)/C=C\SC(=O)Cc1ccccc1. The van der Waals surface area contributed by atoms with Crippen LogP contribution >= 0.6 is 11.8 Å². The topological polar surface area (TPSA) is 46.2 Å². The largest absolute Gasteiger partial charge is 0.353 e. The number of carbonyl (C=O) groups excluding carboxylic acids is 2. The number of carbonyl (C=O) groups is 2. The van der Waals surface area contributed by atoms with E-state index in [9.17, 15) is 9.59 Å². The maximum Gasteiger partial charge on any atom is 0.244 e. The number of rotatable bonds is 11. The van der Waals surface area contributed by atoms with E-state index in [0.717, 1.165) is 30.2 Å². The highest BCUT2D eigenvalue weighted by molar-refractivity contribution is 8.16. The minimum atomic E-state index is -0.126. The van der Waals surface area contributed by atoms with E-state index in [4.69, 9.17) is 0 Å². The molecule has 1 aromatic carbocycles. The van der Waals surface area contributed by atoms with Crippen molar-refractivity contribution in [3.05, 3.63) is 47.4 Å². The number of thioether (sulfide) groups is 1. The molecule has 1 rings (SSSR count). The Kier molecular flexibility index (Phi) is 11.0. The summed E-state index contributed by atoms with van der Waals surface area (Å²) in [4.78, 5) is 23.4. The standard InChI is InChI=1S/C19H27NO2S/c1-2-3-4-5-6-10-14-20-18(21)13-15-23-19(22)16-17-11-8-7-9-12-17/h7-9,11-13,15H,2-6,10,14,16H2,1H3,(H,20,21)/b15-13-. The Bertz CT molecular complexity index is 485. The molecule has 0 saturated carbocycles. The molecule has 126 valence electrons. The lowest BCUT2D eigenvalue weighted by Gasteiger charge is -2.02. The molecule has 0 saturated heterocycles. The van der Waals surface area contributed by atoms with Crippen molar-refractivity contribution in [3.63, 3.8) is 0 Å². The van der Waals surface area contributed by atoms with Crippen molar-refractivity contribution in [2.75, 3.05) is 6.54 Å². The zero-order chi connectivity index (χ0) is 16.8. The van der Waals surface area contributed by atoms with Crippen molar-refractivity contribution in [1.29, 1.82) is 0 Å². The summed E-state index contributed by atoms with van der Waals surface area (Å²) in [5.74, 6) is -0.126. The Morgan fingerprint density at radius 1 is 1.04 bits per heavy atom. The van der Waals surface area contributed by atoms with Gasteiger partial charge >= 0.3 is 0 Å². The van der Waals surface area contributed by atoms with Gasteiger partial charge in [-0.05, 0) is 17.4 Å². The average Bonchev–Trinajstić information content (AvgIpc) is 2.55. The summed E-state index contributed by atoms with van der Waals surface area (Å²) >= 11 is 1.07. The van der Waals surface area contributed by atoms with Crippen molar-refractivity contribution in [2.24, 2.45) is 0 Å². The molecular formula is C19H27NO2S. The molecule has 0 heterocycles. The van der Waals surface area contributed by atoms with Crippen molar-refractivity contribution >= 4 is 22.8 Å². The van der Waals surface area contributed by atoms with Gasteiger partial charge in [-0.15, -0.1) is 0 Å². The number of benzene rings is 1. The molecule has 0 atom stereocenters. The van der Waals surface area contributed by atoms with Gasteiger partial charge in [0.25, 0.3) is 0 Å². The van der Waals surface area contributed by atoms with Gasteiger partial charge in [0.15, 0.2) is 5.12 Å². The fourth-order valence-electron chi connectivity index (χ4n) is 2.15. The maximum atomic E-state index is 11.8. The molecule has 0 unspecified atom stereocenters. The van der Waals surface area contributed by atoms with Gasteiger partial charge in [0.2, 0.25) is 5.91 Å². The van der Waals surface area contributed by atoms with Crippen molar-refractivity contribution in [2.45, 2.75) is 51.9 Å². The van der Waals surface area contributed by atoms with Gasteiger partial charge in [-0.3, -0.25) is 9.59 Å². The Morgan fingerprint density at radius 2 is 1.74 bits per heavy atom. The second kappa shape index (κ2) is 12.9. The van der Waals surface area contributed by atoms with Crippen LogP contribution in [0.1, 0.15) is 51.0 Å². The normalized spacial score (nSPS) is 10.8. The molecule has 0 bridgehead atoms. The quantitative estimate of drug-likeness (QED) is 0.480. The first kappa shape index (κ1) is 19.5. The Hall–Kier alpha value is -1.55. The Labute approximate surface area is 143 Å². The molecular weight excluding hydrogens is 306 g/mol. The molecule has 1 aromatic rings. The first-order valence-corrected chi connectivity index (χ1v) is 9.28. The minimum Gasteiger partial charge on any atom is -0.353 e. The number of nitrogens with one attached hydrogen (secondary N) is 1. The molecule has 0 radical (unpaired) electrons. The number of unbranched alkanes of at least 4 members (excludes halogenated alkanes) is 5. The predicted octanol–water partition coefficient (Wildman–Crippen LogP) is 4.48. The van der Waals surface area contributed by atoms with Crippen LogP contribution in [0.15, 0.2) is 41.8 Å². The molecule has 0 aliphatic carbocycles. The average molecular weight is 333 g/mol. The third kappa shape index (κ3) is 10.7. The minimum absolute atomic E-state index is 0.0381. The highest BCUT2D eigenvalue weighted by Gasteiger charge is 2.02. The summed E-state index contributed by atoms with van der Waals surface area (Å²) < 4.78 is 0. The van der Waals surface area contributed by atoms with Crippen LogP contribution < -0.4 is 5.32 Å². The van der Waals surface area contributed by atoms with Crippen LogP contribution in [0.5, 0.6) is 0 Å². The molecule has 1 amide bonds. The first-order valence-electron chi connectivity index (χ1n) is 8.40. The van der Waals surface area contributed by atoms with Crippen LogP contribution in [0.4, 0.5) is 0 Å².